The lowest BCUT2D eigenvalue weighted by atomic mass is 10.2. The maximum atomic E-state index is 12.9. The number of sulfone groups is 1. The molecule has 3 aromatic rings. The van der Waals surface area contributed by atoms with E-state index in [0.717, 1.165) is 5.56 Å². The third-order valence-corrected chi connectivity index (χ3v) is 5.68. The maximum Gasteiger partial charge on any atom is 0.199 e. The molecule has 0 saturated carbocycles. The summed E-state index contributed by atoms with van der Waals surface area (Å²) in [5.74, 6) is 1.54. The molecule has 0 saturated heterocycles. The average molecular weight is 371 g/mol. The number of aromatic nitrogens is 3. The quantitative estimate of drug-likeness (QED) is 0.700. The molecule has 8 heteroatoms. The van der Waals surface area contributed by atoms with Crippen molar-refractivity contribution in [3.8, 4) is 17.3 Å². The fraction of sp³-hybridized carbons (Fsp3) is 0.222. The third kappa shape index (κ3) is 3.15. The van der Waals surface area contributed by atoms with Gasteiger partial charge >= 0.3 is 0 Å². The standard InChI is InChI=1S/C18H17N3O4S/c1-13-2-5-17(20-9-13)21-12-19-10-18(21)26(22,23)11-14-3-4-15-16(8-14)25-7-6-24-15/h2-5,8-10,12H,6-7,11H2,1H3. The Morgan fingerprint density at radius 2 is 1.88 bits per heavy atom. The van der Waals surface area contributed by atoms with Crippen LogP contribution in [0.4, 0.5) is 0 Å². The molecule has 0 aliphatic carbocycles. The van der Waals surface area contributed by atoms with Crippen molar-refractivity contribution in [1.82, 2.24) is 14.5 Å². The molecule has 134 valence electrons. The summed E-state index contributed by atoms with van der Waals surface area (Å²) < 4.78 is 38.3. The van der Waals surface area contributed by atoms with E-state index in [1.54, 1.807) is 30.5 Å². The van der Waals surface area contributed by atoms with Crippen LogP contribution in [-0.4, -0.2) is 36.2 Å². The second-order valence-corrected chi connectivity index (χ2v) is 7.97. The van der Waals surface area contributed by atoms with Crippen molar-refractivity contribution in [2.75, 3.05) is 13.2 Å². The van der Waals surface area contributed by atoms with Crippen molar-refractivity contribution >= 4 is 9.84 Å². The highest BCUT2D eigenvalue weighted by atomic mass is 32.2. The van der Waals surface area contributed by atoms with Crippen LogP contribution >= 0.6 is 0 Å². The van der Waals surface area contributed by atoms with E-state index in [0.29, 0.717) is 36.1 Å². The molecule has 0 amide bonds. The normalized spacial score (nSPS) is 13.6. The van der Waals surface area contributed by atoms with E-state index in [1.807, 2.05) is 13.0 Å². The highest BCUT2D eigenvalue weighted by molar-refractivity contribution is 7.90. The van der Waals surface area contributed by atoms with Gasteiger partial charge in [0, 0.05) is 6.20 Å². The van der Waals surface area contributed by atoms with Crippen LogP contribution in [0.3, 0.4) is 0 Å². The van der Waals surface area contributed by atoms with E-state index in [9.17, 15) is 8.42 Å². The second kappa shape index (κ2) is 6.45. The molecular weight excluding hydrogens is 354 g/mol. The van der Waals surface area contributed by atoms with Gasteiger partial charge in [-0.3, -0.25) is 4.57 Å². The Kier molecular flexibility index (Phi) is 4.12. The number of fused-ring (bicyclic) bond motifs is 1. The van der Waals surface area contributed by atoms with Gasteiger partial charge in [0.05, 0.1) is 11.9 Å². The van der Waals surface area contributed by atoms with Gasteiger partial charge in [-0.2, -0.15) is 0 Å². The van der Waals surface area contributed by atoms with Gasteiger partial charge in [-0.25, -0.2) is 18.4 Å². The van der Waals surface area contributed by atoms with Crippen LogP contribution in [0.2, 0.25) is 0 Å². The third-order valence-electron chi connectivity index (χ3n) is 4.03. The number of hydrogen-bond donors (Lipinski definition) is 0. The van der Waals surface area contributed by atoms with Gasteiger partial charge in [0.2, 0.25) is 0 Å². The first-order valence-electron chi connectivity index (χ1n) is 8.09. The molecule has 2 aromatic heterocycles. The molecule has 0 atom stereocenters. The van der Waals surface area contributed by atoms with Crippen LogP contribution in [0.5, 0.6) is 11.5 Å². The Balaban J connectivity index is 1.66. The number of nitrogens with zero attached hydrogens (tertiary/aromatic N) is 3. The molecule has 0 radical (unpaired) electrons. The molecule has 4 rings (SSSR count). The van der Waals surface area contributed by atoms with Crippen LogP contribution in [0.1, 0.15) is 11.1 Å². The van der Waals surface area contributed by atoms with E-state index >= 15 is 0 Å². The molecular formula is C18H17N3O4S. The van der Waals surface area contributed by atoms with Crippen molar-refractivity contribution in [1.29, 1.82) is 0 Å². The first kappa shape index (κ1) is 16.6. The van der Waals surface area contributed by atoms with Crippen LogP contribution < -0.4 is 9.47 Å². The van der Waals surface area contributed by atoms with Gasteiger partial charge in [-0.05, 0) is 36.2 Å². The lowest BCUT2D eigenvalue weighted by Gasteiger charge is -2.18. The Morgan fingerprint density at radius 1 is 1.08 bits per heavy atom. The number of ether oxygens (including phenoxy) is 2. The van der Waals surface area contributed by atoms with Crippen LogP contribution in [0, 0.1) is 6.92 Å². The molecule has 7 nitrogen and oxygen atoms in total. The summed E-state index contributed by atoms with van der Waals surface area (Å²) in [7, 11) is -3.62. The SMILES string of the molecule is Cc1ccc(-n2cncc2S(=O)(=O)Cc2ccc3c(c2)OCCO3)nc1. The summed E-state index contributed by atoms with van der Waals surface area (Å²) in [6.07, 6.45) is 4.48. The van der Waals surface area contributed by atoms with Gasteiger partial charge in [0.25, 0.3) is 0 Å². The maximum absolute atomic E-state index is 12.9. The first-order valence-corrected chi connectivity index (χ1v) is 9.75. The van der Waals surface area contributed by atoms with Crippen molar-refractivity contribution in [2.24, 2.45) is 0 Å². The monoisotopic (exact) mass is 371 g/mol. The highest BCUT2D eigenvalue weighted by Gasteiger charge is 2.23. The topological polar surface area (TPSA) is 83.3 Å². The van der Waals surface area contributed by atoms with E-state index in [1.165, 1.54) is 17.1 Å². The van der Waals surface area contributed by atoms with Crippen molar-refractivity contribution in [3.05, 3.63) is 60.2 Å². The van der Waals surface area contributed by atoms with E-state index < -0.39 is 9.84 Å². The van der Waals surface area contributed by atoms with Gasteiger partial charge < -0.3 is 9.47 Å². The minimum Gasteiger partial charge on any atom is -0.486 e. The molecule has 26 heavy (non-hydrogen) atoms. The number of imidazole rings is 1. The highest BCUT2D eigenvalue weighted by Crippen LogP contribution is 2.32. The smallest absolute Gasteiger partial charge is 0.199 e. The molecule has 0 spiro atoms. The van der Waals surface area contributed by atoms with Crippen molar-refractivity contribution < 1.29 is 17.9 Å². The number of benzene rings is 1. The largest absolute Gasteiger partial charge is 0.486 e. The lowest BCUT2D eigenvalue weighted by Crippen LogP contribution is -2.16. The molecule has 3 heterocycles. The van der Waals surface area contributed by atoms with E-state index in [4.69, 9.17) is 9.47 Å². The number of pyridine rings is 1. The van der Waals surface area contributed by atoms with Gasteiger partial charge in [0.15, 0.2) is 26.4 Å². The fourth-order valence-electron chi connectivity index (χ4n) is 2.76. The molecule has 0 N–H and O–H groups in total. The predicted octanol–water partition coefficient (Wildman–Crippen LogP) is 2.32. The van der Waals surface area contributed by atoms with Crippen LogP contribution in [0.15, 0.2) is 54.1 Å². The summed E-state index contributed by atoms with van der Waals surface area (Å²) in [4.78, 5) is 8.28. The molecule has 1 aromatic carbocycles. The van der Waals surface area contributed by atoms with Crippen molar-refractivity contribution in [3.63, 3.8) is 0 Å². The first-order chi connectivity index (χ1) is 12.5. The Morgan fingerprint density at radius 3 is 2.65 bits per heavy atom. The van der Waals surface area contributed by atoms with Gasteiger partial charge in [-0.15, -0.1) is 0 Å². The zero-order valence-electron chi connectivity index (χ0n) is 14.1. The second-order valence-electron chi connectivity index (χ2n) is 6.03. The minimum absolute atomic E-state index is 0.101. The number of hydrogen-bond acceptors (Lipinski definition) is 6. The average Bonchev–Trinajstić information content (AvgIpc) is 3.13. The molecule has 1 aliphatic rings. The van der Waals surface area contributed by atoms with Gasteiger partial charge in [-0.1, -0.05) is 12.1 Å². The Bertz CT molecular complexity index is 1040. The summed E-state index contributed by atoms with van der Waals surface area (Å²) in [6.45, 7) is 2.87. The minimum atomic E-state index is -3.62. The fourth-order valence-corrected chi connectivity index (χ4v) is 4.19. The molecule has 1 aliphatic heterocycles. The summed E-state index contributed by atoms with van der Waals surface area (Å²) in [5, 5.41) is 0.101. The van der Waals surface area contributed by atoms with E-state index in [2.05, 4.69) is 9.97 Å². The van der Waals surface area contributed by atoms with Crippen molar-refractivity contribution in [2.45, 2.75) is 17.7 Å². The molecule has 0 bridgehead atoms. The zero-order chi connectivity index (χ0) is 18.1. The summed E-state index contributed by atoms with van der Waals surface area (Å²) in [5.41, 5.74) is 1.62. The zero-order valence-corrected chi connectivity index (χ0v) is 14.9. The number of aryl methyl sites for hydroxylation is 1. The van der Waals surface area contributed by atoms with Crippen LogP contribution in [-0.2, 0) is 15.6 Å². The van der Waals surface area contributed by atoms with Crippen LogP contribution in [0.25, 0.3) is 5.82 Å². The summed E-state index contributed by atoms with van der Waals surface area (Å²) >= 11 is 0. The molecule has 0 unspecified atom stereocenters. The Hall–Kier alpha value is -2.87. The summed E-state index contributed by atoms with van der Waals surface area (Å²) in [6, 6.07) is 8.81. The van der Waals surface area contributed by atoms with Gasteiger partial charge in [0.1, 0.15) is 25.4 Å². The lowest BCUT2D eigenvalue weighted by molar-refractivity contribution is 0.171. The number of rotatable bonds is 4. The van der Waals surface area contributed by atoms with E-state index in [-0.39, 0.29) is 10.8 Å². The Labute approximate surface area is 151 Å². The predicted molar refractivity (Wildman–Crippen MR) is 94.4 cm³/mol. The molecule has 0 fully saturated rings.